The Morgan fingerprint density at radius 3 is 2.28 bits per heavy atom. The summed E-state index contributed by atoms with van der Waals surface area (Å²) in [5.74, 6) is -0.131. The molecule has 7 heteroatoms. The van der Waals surface area contributed by atoms with Gasteiger partial charge in [-0.1, -0.05) is 23.9 Å². The van der Waals surface area contributed by atoms with Crippen LogP contribution in [0.5, 0.6) is 0 Å². The second-order valence-electron chi connectivity index (χ2n) is 6.72. The fourth-order valence-corrected chi connectivity index (χ4v) is 3.27. The van der Waals surface area contributed by atoms with Crippen molar-refractivity contribution in [2.45, 2.75) is 9.79 Å². The number of nitro benzene ring substituents is 1. The van der Waals surface area contributed by atoms with Gasteiger partial charge in [0.05, 0.1) is 42.6 Å². The maximum atomic E-state index is 12.3. The standard InChI is InChI=1S/C18H22N3O3S/c1-19(2)18(22)14-8-6-7-9-16(14)25-17-11-10-13(21(3,4)5)12-15(17)20(23)24/h6-12H,1-5H3/q+1. The minimum atomic E-state index is -0.377. The fraction of sp³-hybridized carbons (Fsp3) is 0.278. The highest BCUT2D eigenvalue weighted by Gasteiger charge is 2.23. The lowest BCUT2D eigenvalue weighted by atomic mass is 10.2. The number of carbonyl (C=O) groups is 1. The Morgan fingerprint density at radius 1 is 1.08 bits per heavy atom. The molecule has 2 aromatic carbocycles. The van der Waals surface area contributed by atoms with Gasteiger partial charge in [0.1, 0.15) is 5.69 Å². The smallest absolute Gasteiger partial charge is 0.289 e. The molecule has 132 valence electrons. The summed E-state index contributed by atoms with van der Waals surface area (Å²) in [6.45, 7) is 0. The number of rotatable bonds is 5. The summed E-state index contributed by atoms with van der Waals surface area (Å²) in [5, 5.41) is 11.5. The van der Waals surface area contributed by atoms with E-state index in [2.05, 4.69) is 0 Å². The molecule has 1 amide bonds. The molecule has 25 heavy (non-hydrogen) atoms. The first-order valence-corrected chi connectivity index (χ1v) is 8.52. The summed E-state index contributed by atoms with van der Waals surface area (Å²) in [6, 6.07) is 12.4. The first kappa shape index (κ1) is 19.0. The number of hydrogen-bond donors (Lipinski definition) is 0. The second kappa shape index (κ2) is 7.25. The molecule has 0 aliphatic carbocycles. The van der Waals surface area contributed by atoms with Crippen LogP contribution in [-0.2, 0) is 0 Å². The van der Waals surface area contributed by atoms with Gasteiger partial charge in [0, 0.05) is 25.1 Å². The average molecular weight is 360 g/mol. The van der Waals surface area contributed by atoms with E-state index < -0.39 is 0 Å². The number of hydrogen-bond acceptors (Lipinski definition) is 4. The lowest BCUT2D eigenvalue weighted by Gasteiger charge is -2.23. The number of benzene rings is 2. The highest BCUT2D eigenvalue weighted by atomic mass is 32.2. The van der Waals surface area contributed by atoms with E-state index in [9.17, 15) is 14.9 Å². The first-order valence-electron chi connectivity index (χ1n) is 7.70. The van der Waals surface area contributed by atoms with Crippen LogP contribution in [0.25, 0.3) is 0 Å². The zero-order valence-corrected chi connectivity index (χ0v) is 15.8. The number of carbonyl (C=O) groups excluding carboxylic acids is 1. The molecule has 6 nitrogen and oxygen atoms in total. The maximum Gasteiger partial charge on any atom is 0.289 e. The van der Waals surface area contributed by atoms with Gasteiger partial charge >= 0.3 is 0 Å². The third kappa shape index (κ3) is 4.37. The molecular weight excluding hydrogens is 338 g/mol. The van der Waals surface area contributed by atoms with E-state index in [0.29, 0.717) is 19.8 Å². The van der Waals surface area contributed by atoms with Gasteiger partial charge in [0.2, 0.25) is 0 Å². The van der Waals surface area contributed by atoms with E-state index in [-0.39, 0.29) is 16.5 Å². The van der Waals surface area contributed by atoms with Crippen LogP contribution in [0.3, 0.4) is 0 Å². The minimum absolute atomic E-state index is 0.0441. The summed E-state index contributed by atoms with van der Waals surface area (Å²) in [6.07, 6.45) is 0. The molecular formula is C18H22N3O3S+. The Morgan fingerprint density at radius 2 is 1.72 bits per heavy atom. The van der Waals surface area contributed by atoms with E-state index in [1.807, 2.05) is 33.3 Å². The van der Waals surface area contributed by atoms with Crippen molar-refractivity contribution in [2.24, 2.45) is 0 Å². The van der Waals surface area contributed by atoms with Crippen molar-refractivity contribution in [1.29, 1.82) is 0 Å². The highest BCUT2D eigenvalue weighted by Crippen LogP contribution is 2.39. The Hall–Kier alpha value is -2.38. The van der Waals surface area contributed by atoms with Crippen molar-refractivity contribution >= 4 is 29.0 Å². The summed E-state index contributed by atoms with van der Waals surface area (Å²) in [5.41, 5.74) is 1.42. The zero-order valence-electron chi connectivity index (χ0n) is 15.0. The molecule has 2 aromatic rings. The van der Waals surface area contributed by atoms with Gasteiger partial charge in [-0.05, 0) is 18.2 Å². The van der Waals surface area contributed by atoms with Crippen LogP contribution in [0.1, 0.15) is 10.4 Å². The van der Waals surface area contributed by atoms with Crippen molar-refractivity contribution in [2.75, 3.05) is 35.2 Å². The molecule has 0 aliphatic heterocycles. The van der Waals surface area contributed by atoms with Crippen molar-refractivity contribution in [1.82, 2.24) is 9.38 Å². The van der Waals surface area contributed by atoms with Crippen molar-refractivity contribution in [3.63, 3.8) is 0 Å². The molecule has 0 atom stereocenters. The molecule has 0 spiro atoms. The third-order valence-electron chi connectivity index (χ3n) is 3.66. The van der Waals surface area contributed by atoms with Gasteiger partial charge < -0.3 is 4.90 Å². The van der Waals surface area contributed by atoms with E-state index in [4.69, 9.17) is 0 Å². The zero-order chi connectivity index (χ0) is 18.8. The molecule has 0 radical (unpaired) electrons. The number of quaternary nitrogens is 1. The van der Waals surface area contributed by atoms with E-state index in [1.165, 1.54) is 16.7 Å². The summed E-state index contributed by atoms with van der Waals surface area (Å²) in [4.78, 5) is 26.2. The lowest BCUT2D eigenvalue weighted by Crippen LogP contribution is -2.34. The third-order valence-corrected chi connectivity index (χ3v) is 4.80. The number of nitro groups is 1. The first-order chi connectivity index (χ1) is 11.6. The summed E-state index contributed by atoms with van der Waals surface area (Å²) >= 11 is 1.24. The lowest BCUT2D eigenvalue weighted by molar-refractivity contribution is -0.387. The molecule has 0 saturated heterocycles. The molecule has 0 saturated carbocycles. The van der Waals surface area contributed by atoms with Crippen LogP contribution in [0.2, 0.25) is 0 Å². The number of amides is 1. The van der Waals surface area contributed by atoms with Crippen LogP contribution < -0.4 is 4.48 Å². The van der Waals surface area contributed by atoms with E-state index >= 15 is 0 Å². The molecule has 0 bridgehead atoms. The quantitative estimate of drug-likeness (QED) is 0.464. The summed E-state index contributed by atoms with van der Waals surface area (Å²) in [7, 11) is 9.23. The van der Waals surface area contributed by atoms with Crippen LogP contribution >= 0.6 is 11.8 Å². The van der Waals surface area contributed by atoms with Gasteiger partial charge in [0.15, 0.2) is 0 Å². The monoisotopic (exact) mass is 360 g/mol. The molecule has 2 rings (SSSR count). The molecule has 0 unspecified atom stereocenters. The Kier molecular flexibility index (Phi) is 5.49. The number of nitrogens with zero attached hydrogens (tertiary/aromatic N) is 3. The van der Waals surface area contributed by atoms with Crippen molar-refractivity contribution in [3.05, 3.63) is 58.1 Å². The predicted molar refractivity (Wildman–Crippen MR) is 101 cm³/mol. The van der Waals surface area contributed by atoms with Crippen LogP contribution in [0, 0.1) is 10.1 Å². The SMILES string of the molecule is CN(C)C(=O)c1ccccc1Sc1ccc([N+](C)(C)C)cc1[N+](=O)[O-]. The normalized spacial score (nSPS) is 11.2. The van der Waals surface area contributed by atoms with Crippen molar-refractivity contribution < 1.29 is 9.72 Å². The van der Waals surface area contributed by atoms with Gasteiger partial charge in [-0.15, -0.1) is 0 Å². The summed E-state index contributed by atoms with van der Waals surface area (Å²) < 4.78 is 0.488. The second-order valence-corrected chi connectivity index (χ2v) is 7.80. The molecule has 0 fully saturated rings. The molecule has 0 heterocycles. The Labute approximate surface area is 151 Å². The van der Waals surface area contributed by atoms with E-state index in [1.54, 1.807) is 44.4 Å². The minimum Gasteiger partial charge on any atom is -0.345 e. The van der Waals surface area contributed by atoms with Crippen LogP contribution in [0.4, 0.5) is 11.4 Å². The van der Waals surface area contributed by atoms with Crippen LogP contribution in [-0.4, -0.2) is 51.0 Å². The van der Waals surface area contributed by atoms with Gasteiger partial charge in [-0.3, -0.25) is 19.4 Å². The van der Waals surface area contributed by atoms with Crippen LogP contribution in [0.15, 0.2) is 52.3 Å². The largest absolute Gasteiger partial charge is 0.345 e. The highest BCUT2D eigenvalue weighted by molar-refractivity contribution is 7.99. The Balaban J connectivity index is 2.48. The topological polar surface area (TPSA) is 63.5 Å². The predicted octanol–water partition coefficient (Wildman–Crippen LogP) is 3.64. The van der Waals surface area contributed by atoms with Gasteiger partial charge in [-0.2, -0.15) is 0 Å². The van der Waals surface area contributed by atoms with Gasteiger partial charge in [0.25, 0.3) is 11.6 Å². The average Bonchev–Trinajstić information content (AvgIpc) is 2.53. The fourth-order valence-electron chi connectivity index (χ4n) is 2.24. The molecule has 0 N–H and O–H groups in total. The molecule has 0 aromatic heterocycles. The van der Waals surface area contributed by atoms with Crippen molar-refractivity contribution in [3.8, 4) is 0 Å². The molecule has 0 aliphatic rings. The van der Waals surface area contributed by atoms with Gasteiger partial charge in [-0.25, -0.2) is 0 Å². The Bertz CT molecular complexity index is 813. The van der Waals surface area contributed by atoms with E-state index in [0.717, 1.165) is 5.69 Å². The maximum absolute atomic E-state index is 12.3.